The molecule has 2 aliphatic heterocycles. The summed E-state index contributed by atoms with van der Waals surface area (Å²) in [5, 5.41) is 4.90. The van der Waals surface area contributed by atoms with Crippen LogP contribution in [0.25, 0.3) is 0 Å². The van der Waals surface area contributed by atoms with Gasteiger partial charge in [0.15, 0.2) is 0 Å². The molecule has 6 amide bonds. The summed E-state index contributed by atoms with van der Waals surface area (Å²) in [6, 6.07) is 3.52. The number of imide groups is 2. The molecule has 17 heteroatoms. The molecule has 2 heterocycles. The molecule has 1 aromatic carbocycles. The molecule has 2 aliphatic rings. The molecule has 2 N–H and O–H groups in total. The van der Waals surface area contributed by atoms with Crippen molar-refractivity contribution >= 4 is 41.3 Å². The number of nitrogens with one attached hydrogen (secondary N) is 2. The van der Waals surface area contributed by atoms with E-state index in [1.54, 1.807) is 19.2 Å². The Labute approximate surface area is 316 Å². The van der Waals surface area contributed by atoms with Gasteiger partial charge in [0.25, 0.3) is 11.8 Å². The fourth-order valence-corrected chi connectivity index (χ4v) is 5.33. The summed E-state index contributed by atoms with van der Waals surface area (Å²) in [5.74, 6) is -2.73. The fraction of sp³-hybridized carbons (Fsp3) is 0.676. The van der Waals surface area contributed by atoms with Gasteiger partial charge in [0.1, 0.15) is 11.6 Å². The van der Waals surface area contributed by atoms with E-state index in [1.807, 2.05) is 20.8 Å². The van der Waals surface area contributed by atoms with Crippen molar-refractivity contribution < 1.29 is 61.9 Å². The summed E-state index contributed by atoms with van der Waals surface area (Å²) in [7, 11) is 1.67. The van der Waals surface area contributed by atoms with Crippen LogP contribution in [0.1, 0.15) is 80.0 Å². The van der Waals surface area contributed by atoms with Crippen molar-refractivity contribution in [2.75, 3.05) is 98.2 Å². The second kappa shape index (κ2) is 23.7. The van der Waals surface area contributed by atoms with Crippen molar-refractivity contribution in [3.63, 3.8) is 0 Å². The highest BCUT2D eigenvalue weighted by atomic mass is 16.6. The summed E-state index contributed by atoms with van der Waals surface area (Å²) in [4.78, 5) is 76.8. The average molecular weight is 765 g/mol. The monoisotopic (exact) mass is 764 g/mol. The Morgan fingerprint density at radius 2 is 1.33 bits per heavy atom. The van der Waals surface area contributed by atoms with Gasteiger partial charge >= 0.3 is 6.09 Å². The molecule has 302 valence electrons. The number of anilines is 1. The average Bonchev–Trinajstić information content (AvgIpc) is 3.37. The van der Waals surface area contributed by atoms with Gasteiger partial charge in [-0.1, -0.05) is 12.5 Å². The second-order valence-electron chi connectivity index (χ2n) is 13.6. The first-order chi connectivity index (χ1) is 25.9. The third kappa shape index (κ3) is 15.8. The first-order valence-electron chi connectivity index (χ1n) is 18.4. The second-order valence-corrected chi connectivity index (χ2v) is 13.6. The molecule has 0 aliphatic carbocycles. The van der Waals surface area contributed by atoms with Crippen molar-refractivity contribution in [1.29, 1.82) is 0 Å². The van der Waals surface area contributed by atoms with Gasteiger partial charge in [-0.05, 0) is 52.2 Å². The van der Waals surface area contributed by atoms with Crippen LogP contribution < -0.4 is 10.6 Å². The van der Waals surface area contributed by atoms with Crippen molar-refractivity contribution in [3.05, 3.63) is 29.3 Å². The molecule has 0 spiro atoms. The van der Waals surface area contributed by atoms with Gasteiger partial charge < -0.3 is 43.4 Å². The number of hydrogen-bond donors (Lipinski definition) is 2. The number of unbranched alkanes of at least 4 members (excludes halogenated alkanes) is 2. The van der Waals surface area contributed by atoms with E-state index >= 15 is 0 Å². The SMILES string of the molecule is CN(CCOCCOCCOCCOCCOCCOCCCCCC(=O)Nc1cccc2c1C(=O)N(C1CCC(=O)NC1=O)C2=O)C(=O)OC(C)(C)C. The molecule has 17 nitrogen and oxygen atoms in total. The number of benzene rings is 1. The number of nitrogens with zero attached hydrogens (tertiary/aromatic N) is 2. The highest BCUT2D eigenvalue weighted by Crippen LogP contribution is 2.32. The Balaban J connectivity index is 1.08. The van der Waals surface area contributed by atoms with Crippen LogP contribution in [0.5, 0.6) is 0 Å². The van der Waals surface area contributed by atoms with E-state index in [1.165, 1.54) is 11.0 Å². The van der Waals surface area contributed by atoms with Gasteiger partial charge in [0.2, 0.25) is 17.7 Å². The molecule has 1 atom stereocenters. The Hall–Kier alpha value is -4.00. The maximum atomic E-state index is 13.2. The van der Waals surface area contributed by atoms with Crippen molar-refractivity contribution in [3.8, 4) is 0 Å². The van der Waals surface area contributed by atoms with Gasteiger partial charge in [-0.15, -0.1) is 0 Å². The Morgan fingerprint density at radius 1 is 0.778 bits per heavy atom. The third-order valence-corrected chi connectivity index (χ3v) is 8.07. The number of carbonyl (C=O) groups is 6. The molecule has 0 bridgehead atoms. The van der Waals surface area contributed by atoms with Crippen LogP contribution in [0, 0.1) is 0 Å². The number of carbonyl (C=O) groups excluding carboxylic acids is 6. The predicted molar refractivity (Wildman–Crippen MR) is 194 cm³/mol. The molecular formula is C37H56N4O13. The Bertz CT molecular complexity index is 1400. The topological polar surface area (TPSA) is 198 Å². The number of hydrogen-bond acceptors (Lipinski definition) is 13. The van der Waals surface area contributed by atoms with Crippen molar-refractivity contribution in [1.82, 2.24) is 15.1 Å². The number of piperidine rings is 1. The largest absolute Gasteiger partial charge is 0.444 e. The van der Waals surface area contributed by atoms with Gasteiger partial charge in [0, 0.05) is 33.0 Å². The zero-order valence-electron chi connectivity index (χ0n) is 31.9. The van der Waals surface area contributed by atoms with Crippen LogP contribution in [0.3, 0.4) is 0 Å². The number of amides is 6. The van der Waals surface area contributed by atoms with Gasteiger partial charge in [-0.25, -0.2) is 4.79 Å². The molecule has 0 saturated carbocycles. The lowest BCUT2D eigenvalue weighted by Crippen LogP contribution is -2.54. The van der Waals surface area contributed by atoms with E-state index in [0.29, 0.717) is 92.2 Å². The van der Waals surface area contributed by atoms with E-state index in [2.05, 4.69) is 10.6 Å². The van der Waals surface area contributed by atoms with E-state index < -0.39 is 35.3 Å². The number of fused-ring (bicyclic) bond motifs is 1. The lowest BCUT2D eigenvalue weighted by atomic mass is 10.0. The fourth-order valence-electron chi connectivity index (χ4n) is 5.33. The maximum absolute atomic E-state index is 13.2. The minimum absolute atomic E-state index is 0.0268. The minimum atomic E-state index is -1.07. The van der Waals surface area contributed by atoms with E-state index in [0.717, 1.165) is 17.7 Å². The summed E-state index contributed by atoms with van der Waals surface area (Å²) in [6.45, 7) is 11.2. The van der Waals surface area contributed by atoms with E-state index in [4.69, 9.17) is 33.2 Å². The quantitative estimate of drug-likeness (QED) is 0.103. The molecule has 1 fully saturated rings. The van der Waals surface area contributed by atoms with Gasteiger partial charge in [-0.3, -0.25) is 34.2 Å². The zero-order chi connectivity index (χ0) is 39.3. The normalized spacial score (nSPS) is 15.7. The van der Waals surface area contributed by atoms with E-state index in [9.17, 15) is 28.8 Å². The number of ether oxygens (including phenoxy) is 7. The highest BCUT2D eigenvalue weighted by Gasteiger charge is 2.45. The van der Waals surface area contributed by atoms with Crippen LogP contribution in [-0.2, 0) is 47.5 Å². The maximum Gasteiger partial charge on any atom is 0.410 e. The van der Waals surface area contributed by atoms with Gasteiger partial charge in [-0.2, -0.15) is 0 Å². The number of rotatable bonds is 26. The first kappa shape index (κ1) is 44.4. The van der Waals surface area contributed by atoms with Gasteiger partial charge in [0.05, 0.1) is 89.5 Å². The highest BCUT2D eigenvalue weighted by molar-refractivity contribution is 6.26. The Morgan fingerprint density at radius 3 is 1.89 bits per heavy atom. The minimum Gasteiger partial charge on any atom is -0.444 e. The summed E-state index contributed by atoms with van der Waals surface area (Å²) < 4.78 is 38.3. The lowest BCUT2D eigenvalue weighted by molar-refractivity contribution is -0.136. The predicted octanol–water partition coefficient (Wildman–Crippen LogP) is 2.55. The molecule has 54 heavy (non-hydrogen) atoms. The molecule has 1 aromatic rings. The molecule has 1 saturated heterocycles. The standard InChI is InChI=1S/C37H56N4O13/c1-37(2,3)54-36(47)40(4)14-16-49-18-20-51-22-24-53-26-25-52-23-21-50-19-17-48-15-7-5-6-11-30(42)38-28-10-8-9-27-32(28)35(46)41(34(27)45)29-12-13-31(43)39-33(29)44/h8-10,29H,5-7,11-26H2,1-4H3,(H,38,42)(H,39,43,44). The molecular weight excluding hydrogens is 708 g/mol. The van der Waals surface area contributed by atoms with E-state index in [-0.39, 0.29) is 48.1 Å². The first-order valence-corrected chi connectivity index (χ1v) is 18.4. The summed E-state index contributed by atoms with van der Waals surface area (Å²) in [5.41, 5.74) is -0.154. The smallest absolute Gasteiger partial charge is 0.410 e. The van der Waals surface area contributed by atoms with Crippen LogP contribution in [-0.4, -0.2) is 150 Å². The molecule has 0 aromatic heterocycles. The zero-order valence-corrected chi connectivity index (χ0v) is 31.9. The Kier molecular flexibility index (Phi) is 19.5. The molecule has 1 unspecified atom stereocenters. The van der Waals surface area contributed by atoms with Crippen LogP contribution in [0.15, 0.2) is 18.2 Å². The lowest BCUT2D eigenvalue weighted by Gasteiger charge is -2.27. The third-order valence-electron chi connectivity index (χ3n) is 8.07. The van der Waals surface area contributed by atoms with Crippen LogP contribution in [0.2, 0.25) is 0 Å². The summed E-state index contributed by atoms with van der Waals surface area (Å²) >= 11 is 0. The molecule has 3 rings (SSSR count). The van der Waals surface area contributed by atoms with Crippen molar-refractivity contribution in [2.45, 2.75) is 70.9 Å². The van der Waals surface area contributed by atoms with Crippen molar-refractivity contribution in [2.24, 2.45) is 0 Å². The number of likely N-dealkylation sites (N-methyl/N-ethyl adjacent to an activating group) is 1. The molecule has 0 radical (unpaired) electrons. The van der Waals surface area contributed by atoms with Crippen LogP contribution >= 0.6 is 0 Å². The summed E-state index contributed by atoms with van der Waals surface area (Å²) in [6.07, 6.45) is 2.05. The van der Waals surface area contributed by atoms with Crippen LogP contribution in [0.4, 0.5) is 10.5 Å².